The third-order valence-electron chi connectivity index (χ3n) is 2.21. The monoisotopic (exact) mass is 210 g/mol. The zero-order chi connectivity index (χ0) is 10.3. The molecule has 0 fully saturated rings. The van der Waals surface area contributed by atoms with Crippen LogP contribution >= 0.6 is 11.6 Å². The van der Waals surface area contributed by atoms with Gasteiger partial charge in [-0.2, -0.15) is 0 Å². The van der Waals surface area contributed by atoms with Crippen LogP contribution in [0.25, 0.3) is 10.9 Å². The molecule has 2 aromatic rings. The Bertz CT molecular complexity index is 519. The lowest BCUT2D eigenvalue weighted by molar-refractivity contribution is 0.437. The van der Waals surface area contributed by atoms with Gasteiger partial charge in [-0.25, -0.2) is 0 Å². The highest BCUT2D eigenvalue weighted by molar-refractivity contribution is 6.36. The van der Waals surface area contributed by atoms with Crippen LogP contribution in [0.3, 0.4) is 0 Å². The van der Waals surface area contributed by atoms with E-state index in [9.17, 15) is 10.0 Å². The molecule has 4 nitrogen and oxygen atoms in total. The summed E-state index contributed by atoms with van der Waals surface area (Å²) in [6.45, 7) is 0. The Morgan fingerprint density at radius 3 is 2.86 bits per heavy atom. The van der Waals surface area contributed by atoms with E-state index in [-0.39, 0.29) is 11.6 Å². The van der Waals surface area contributed by atoms with Gasteiger partial charge in [-0.15, -0.1) is 4.91 Å². The number of hydrogen-bond donors (Lipinski definition) is 1. The molecule has 0 aliphatic rings. The van der Waals surface area contributed by atoms with Crippen molar-refractivity contribution in [2.75, 3.05) is 0 Å². The highest BCUT2D eigenvalue weighted by Crippen LogP contribution is 2.40. The van der Waals surface area contributed by atoms with Crippen LogP contribution in [0.15, 0.2) is 23.4 Å². The predicted molar refractivity (Wildman–Crippen MR) is 55.0 cm³/mol. The van der Waals surface area contributed by atoms with Crippen LogP contribution in [0.2, 0.25) is 5.02 Å². The smallest absolute Gasteiger partial charge is 0.222 e. The van der Waals surface area contributed by atoms with Crippen molar-refractivity contribution in [3.8, 4) is 5.88 Å². The lowest BCUT2D eigenvalue weighted by atomic mass is 10.2. The minimum absolute atomic E-state index is 0.00639. The van der Waals surface area contributed by atoms with Crippen LogP contribution < -0.4 is 0 Å². The number of fused-ring (bicyclic) bond motifs is 1. The summed E-state index contributed by atoms with van der Waals surface area (Å²) in [5.41, 5.74) is 0.678. The molecule has 5 heteroatoms. The number of nitrogens with zero attached hydrogens (tertiary/aromatic N) is 2. The summed E-state index contributed by atoms with van der Waals surface area (Å²) < 4.78 is 1.47. The summed E-state index contributed by atoms with van der Waals surface area (Å²) in [7, 11) is 1.64. The molecule has 0 spiro atoms. The van der Waals surface area contributed by atoms with Gasteiger partial charge < -0.3 is 9.67 Å². The average molecular weight is 211 g/mol. The molecule has 14 heavy (non-hydrogen) atoms. The molecule has 0 radical (unpaired) electrons. The molecular weight excluding hydrogens is 204 g/mol. The van der Waals surface area contributed by atoms with Gasteiger partial charge in [-0.05, 0) is 17.3 Å². The zero-order valence-electron chi connectivity index (χ0n) is 7.36. The number of aromatic hydroxyl groups is 1. The van der Waals surface area contributed by atoms with Crippen LogP contribution in [0.5, 0.6) is 5.88 Å². The number of aryl methyl sites for hydroxylation is 1. The molecule has 0 saturated carbocycles. The second kappa shape index (κ2) is 2.99. The quantitative estimate of drug-likeness (QED) is 0.736. The van der Waals surface area contributed by atoms with Gasteiger partial charge in [0.15, 0.2) is 5.69 Å². The van der Waals surface area contributed by atoms with Crippen molar-refractivity contribution in [3.05, 3.63) is 28.1 Å². The molecule has 72 valence electrons. The van der Waals surface area contributed by atoms with E-state index in [0.717, 1.165) is 0 Å². The molecule has 0 saturated heterocycles. The fourth-order valence-corrected chi connectivity index (χ4v) is 1.76. The number of hydrogen-bond acceptors (Lipinski definition) is 3. The van der Waals surface area contributed by atoms with Crippen molar-refractivity contribution >= 4 is 28.2 Å². The summed E-state index contributed by atoms with van der Waals surface area (Å²) in [6.07, 6.45) is 0. The third kappa shape index (κ3) is 1.01. The summed E-state index contributed by atoms with van der Waals surface area (Å²) >= 11 is 5.90. The lowest BCUT2D eigenvalue weighted by Crippen LogP contribution is -1.84. The van der Waals surface area contributed by atoms with E-state index in [1.165, 1.54) is 4.57 Å². The van der Waals surface area contributed by atoms with Crippen molar-refractivity contribution in [2.45, 2.75) is 0 Å². The van der Waals surface area contributed by atoms with Gasteiger partial charge in [0.1, 0.15) is 0 Å². The lowest BCUT2D eigenvalue weighted by Gasteiger charge is -1.96. The van der Waals surface area contributed by atoms with Crippen LogP contribution in [0.4, 0.5) is 5.69 Å². The van der Waals surface area contributed by atoms with Crippen molar-refractivity contribution < 1.29 is 5.11 Å². The minimum Gasteiger partial charge on any atom is -0.493 e. The van der Waals surface area contributed by atoms with E-state index >= 15 is 0 Å². The van der Waals surface area contributed by atoms with Gasteiger partial charge in [0.2, 0.25) is 5.88 Å². The third-order valence-corrected chi connectivity index (χ3v) is 2.53. The number of benzene rings is 1. The van der Waals surface area contributed by atoms with Gasteiger partial charge >= 0.3 is 0 Å². The molecule has 0 amide bonds. The Kier molecular flexibility index (Phi) is 1.93. The molecule has 0 atom stereocenters. The number of aromatic nitrogens is 1. The van der Waals surface area contributed by atoms with Crippen molar-refractivity contribution in [2.24, 2.45) is 12.2 Å². The van der Waals surface area contributed by atoms with Gasteiger partial charge in [0.05, 0.1) is 15.9 Å². The molecule has 0 unspecified atom stereocenters. The Hall–Kier alpha value is -1.55. The van der Waals surface area contributed by atoms with E-state index in [1.807, 2.05) is 0 Å². The van der Waals surface area contributed by atoms with E-state index in [1.54, 1.807) is 25.2 Å². The number of halogens is 1. The number of rotatable bonds is 1. The summed E-state index contributed by atoms with van der Waals surface area (Å²) in [5, 5.41) is 13.2. The standard InChI is InChI=1S/C9H7ClN2O2/c1-12-6-4-2-3-5(10)7(6)8(11-14)9(12)13/h2-4,13H,1H3. The van der Waals surface area contributed by atoms with Crippen LogP contribution in [-0.2, 0) is 7.05 Å². The van der Waals surface area contributed by atoms with E-state index in [0.29, 0.717) is 15.9 Å². The molecule has 2 rings (SSSR count). The first kappa shape index (κ1) is 9.02. The van der Waals surface area contributed by atoms with Gasteiger partial charge in [-0.3, -0.25) is 0 Å². The molecule has 1 heterocycles. The van der Waals surface area contributed by atoms with Crippen LogP contribution in [0.1, 0.15) is 0 Å². The van der Waals surface area contributed by atoms with Crippen molar-refractivity contribution in [1.82, 2.24) is 4.57 Å². The molecule has 0 bridgehead atoms. The first-order valence-corrected chi connectivity index (χ1v) is 4.34. The maximum atomic E-state index is 10.5. The van der Waals surface area contributed by atoms with Gasteiger partial charge in [0, 0.05) is 7.05 Å². The fourth-order valence-electron chi connectivity index (χ4n) is 1.50. The largest absolute Gasteiger partial charge is 0.493 e. The molecule has 1 aromatic heterocycles. The first-order chi connectivity index (χ1) is 6.66. The van der Waals surface area contributed by atoms with Crippen LogP contribution in [-0.4, -0.2) is 9.67 Å². The minimum atomic E-state index is -0.164. The second-order valence-electron chi connectivity index (χ2n) is 2.96. The Labute approximate surface area is 84.7 Å². The topological polar surface area (TPSA) is 54.6 Å². The summed E-state index contributed by atoms with van der Waals surface area (Å²) in [6, 6.07) is 5.16. The van der Waals surface area contributed by atoms with Crippen LogP contribution in [0, 0.1) is 4.91 Å². The zero-order valence-corrected chi connectivity index (χ0v) is 8.12. The van der Waals surface area contributed by atoms with E-state index < -0.39 is 0 Å². The summed E-state index contributed by atoms with van der Waals surface area (Å²) in [4.78, 5) is 10.5. The Morgan fingerprint density at radius 2 is 2.21 bits per heavy atom. The van der Waals surface area contributed by atoms with Crippen molar-refractivity contribution in [1.29, 1.82) is 0 Å². The van der Waals surface area contributed by atoms with Gasteiger partial charge in [0.25, 0.3) is 0 Å². The normalized spacial score (nSPS) is 10.7. The highest BCUT2D eigenvalue weighted by Gasteiger charge is 2.16. The highest BCUT2D eigenvalue weighted by atomic mass is 35.5. The average Bonchev–Trinajstić information content (AvgIpc) is 2.43. The first-order valence-electron chi connectivity index (χ1n) is 3.96. The predicted octanol–water partition coefficient (Wildman–Crippen LogP) is 2.94. The molecular formula is C9H7ClN2O2. The van der Waals surface area contributed by atoms with E-state index in [2.05, 4.69) is 5.18 Å². The van der Waals surface area contributed by atoms with E-state index in [4.69, 9.17) is 11.6 Å². The Balaban J connectivity index is 3.03. The molecule has 0 aliphatic carbocycles. The number of nitroso groups, excluding NO2 is 1. The molecule has 1 N–H and O–H groups in total. The molecule has 0 aliphatic heterocycles. The van der Waals surface area contributed by atoms with Crippen molar-refractivity contribution in [3.63, 3.8) is 0 Å². The SMILES string of the molecule is Cn1c(O)c(N=O)c2c(Cl)cccc21. The molecule has 1 aromatic carbocycles. The van der Waals surface area contributed by atoms with Gasteiger partial charge in [-0.1, -0.05) is 17.7 Å². The maximum Gasteiger partial charge on any atom is 0.222 e. The Morgan fingerprint density at radius 1 is 1.50 bits per heavy atom. The second-order valence-corrected chi connectivity index (χ2v) is 3.36. The fraction of sp³-hybridized carbons (Fsp3) is 0.111. The summed E-state index contributed by atoms with van der Waals surface area (Å²) in [5.74, 6) is -0.164. The maximum absolute atomic E-state index is 10.5.